The van der Waals surface area contributed by atoms with Crippen molar-refractivity contribution in [3.05, 3.63) is 0 Å². The molecule has 0 amide bonds. The molecule has 0 aliphatic heterocycles. The van der Waals surface area contributed by atoms with E-state index < -0.39 is 53.4 Å². The highest BCUT2D eigenvalue weighted by Gasteiger charge is 3.06. The van der Waals surface area contributed by atoms with Gasteiger partial charge in [0, 0.05) is 0 Å². The first-order chi connectivity index (χ1) is 12.0. The number of hydrogen-bond donors (Lipinski definition) is 0. The second-order valence-electron chi connectivity index (χ2n) is 4.83. The fourth-order valence-electron chi connectivity index (χ4n) is 1.82. The SMILES string of the molecule is FC(F)(F)C(F)(F)[N+](C(F)(F)C(F)(F)F)(C(F)(F)C(F)(F)F)C(F)(F)C(F)(F)F. The van der Waals surface area contributed by atoms with E-state index in [4.69, 9.17) is 0 Å². The van der Waals surface area contributed by atoms with E-state index in [-0.39, 0.29) is 0 Å². The van der Waals surface area contributed by atoms with Crippen molar-refractivity contribution in [3.63, 3.8) is 0 Å². The number of nitrogens with zero attached hydrogens (tertiary/aromatic N) is 1. The van der Waals surface area contributed by atoms with Crippen molar-refractivity contribution < 1.29 is 92.3 Å². The normalized spacial score (nSPS) is 17.0. The summed E-state index contributed by atoms with van der Waals surface area (Å²) in [5.74, 6) is 0. The van der Waals surface area contributed by atoms with Crippen molar-refractivity contribution >= 4 is 0 Å². The molecule has 0 aromatic heterocycles. The predicted octanol–water partition coefficient (Wildman–Crippen LogP) is 6.42. The second kappa shape index (κ2) is 6.28. The fraction of sp³-hybridized carbons (Fsp3) is 1.00. The van der Waals surface area contributed by atoms with E-state index in [0.29, 0.717) is 0 Å². The van der Waals surface area contributed by atoms with Crippen molar-refractivity contribution in [3.8, 4) is 0 Å². The maximum Gasteiger partial charge on any atom is 0.515 e. The Kier molecular flexibility index (Phi) is 5.97. The molecule has 0 N–H and O–H groups in total. The van der Waals surface area contributed by atoms with E-state index in [1.54, 1.807) is 0 Å². The van der Waals surface area contributed by atoms with Gasteiger partial charge >= 0.3 is 48.9 Å². The minimum Gasteiger partial charge on any atom is -0.160 e. The first kappa shape index (κ1) is 27.6. The summed E-state index contributed by atoms with van der Waals surface area (Å²) in [4.78, 5) is 0. The van der Waals surface area contributed by atoms with E-state index in [1.807, 2.05) is 0 Å². The molecule has 0 aromatic carbocycles. The van der Waals surface area contributed by atoms with Gasteiger partial charge in [-0.3, -0.25) is 0 Å². The molecule has 0 rings (SSSR count). The minimum absolute atomic E-state index is 8.65. The Morgan fingerprint density at radius 3 is 0.414 bits per heavy atom. The highest BCUT2D eigenvalue weighted by molar-refractivity contribution is 4.89. The monoisotopic (exact) mass is 490 g/mol. The summed E-state index contributed by atoms with van der Waals surface area (Å²) >= 11 is 0. The van der Waals surface area contributed by atoms with Crippen LogP contribution in [-0.2, 0) is 0 Å². The molecule has 0 fully saturated rings. The molecule has 1 nitrogen and oxygen atoms in total. The lowest BCUT2D eigenvalue weighted by molar-refractivity contribution is -1.21. The molecule has 0 aliphatic carbocycles. The molecular weight excluding hydrogens is 490 g/mol. The van der Waals surface area contributed by atoms with E-state index in [9.17, 15) is 87.8 Å². The summed E-state index contributed by atoms with van der Waals surface area (Å²) in [6.07, 6.45) is -34.6. The average molecular weight is 490 g/mol. The van der Waals surface area contributed by atoms with Crippen LogP contribution in [0.2, 0.25) is 0 Å². The molecule has 0 radical (unpaired) electrons. The molecule has 0 saturated carbocycles. The van der Waals surface area contributed by atoms with Gasteiger partial charge in [-0.25, -0.2) is 0 Å². The van der Waals surface area contributed by atoms with Crippen molar-refractivity contribution in [2.24, 2.45) is 0 Å². The van der Waals surface area contributed by atoms with E-state index >= 15 is 0 Å². The molecule has 0 aliphatic rings. The van der Waals surface area contributed by atoms with Crippen LogP contribution in [0, 0.1) is 0 Å². The largest absolute Gasteiger partial charge is 0.515 e. The summed E-state index contributed by atoms with van der Waals surface area (Å²) in [6.45, 7) is 0. The molecule has 176 valence electrons. The van der Waals surface area contributed by atoms with Gasteiger partial charge in [-0.15, -0.1) is 35.1 Å². The van der Waals surface area contributed by atoms with Crippen LogP contribution in [0.15, 0.2) is 0 Å². The zero-order chi connectivity index (χ0) is 24.5. The van der Waals surface area contributed by atoms with Gasteiger partial charge in [0.1, 0.15) is 0 Å². The van der Waals surface area contributed by atoms with Crippen LogP contribution in [0.5, 0.6) is 0 Å². The van der Waals surface area contributed by atoms with Crippen LogP contribution in [-0.4, -0.2) is 53.4 Å². The first-order valence-corrected chi connectivity index (χ1v) is 5.67. The summed E-state index contributed by atoms with van der Waals surface area (Å²) in [7, 11) is 0. The molecule has 0 unspecified atom stereocenters. The number of quaternary nitrogens is 1. The molecular formula is C8F20N+. The highest BCUT2D eigenvalue weighted by atomic mass is 19.5. The molecule has 0 saturated heterocycles. The highest BCUT2D eigenvalue weighted by Crippen LogP contribution is 2.69. The van der Waals surface area contributed by atoms with Gasteiger partial charge in [-0.1, -0.05) is 0 Å². The molecule has 21 heteroatoms. The second-order valence-corrected chi connectivity index (χ2v) is 4.83. The fourth-order valence-corrected chi connectivity index (χ4v) is 1.82. The Morgan fingerprint density at radius 2 is 0.345 bits per heavy atom. The van der Waals surface area contributed by atoms with Crippen LogP contribution in [0.1, 0.15) is 0 Å². The zero-order valence-corrected chi connectivity index (χ0v) is 12.0. The van der Waals surface area contributed by atoms with Gasteiger partial charge in [0.15, 0.2) is 0 Å². The number of halogens is 20. The first-order valence-electron chi connectivity index (χ1n) is 5.67. The van der Waals surface area contributed by atoms with Crippen LogP contribution in [0.3, 0.4) is 0 Å². The maximum absolute atomic E-state index is 13.2. The maximum atomic E-state index is 13.2. The molecule has 0 bridgehead atoms. The predicted molar refractivity (Wildman–Crippen MR) is 44.3 cm³/mol. The molecule has 0 spiro atoms. The standard InChI is InChI=1S/C8F20N/c9-1(10,11)5(21,22)29(6(23,24)2(12,13)14,7(25,26)3(15,16)17)8(27,28)4(18,19)20/q+1. The smallest absolute Gasteiger partial charge is 0.160 e. The third-order valence-corrected chi connectivity index (χ3v) is 3.05. The van der Waals surface area contributed by atoms with Crippen LogP contribution < -0.4 is 0 Å². The topological polar surface area (TPSA) is 0 Å². The van der Waals surface area contributed by atoms with Crippen molar-refractivity contribution in [2.75, 3.05) is 0 Å². The average Bonchev–Trinajstić information content (AvgIpc) is 2.31. The van der Waals surface area contributed by atoms with Gasteiger partial charge in [0.05, 0.1) is 0 Å². The number of alkyl halides is 20. The van der Waals surface area contributed by atoms with Crippen molar-refractivity contribution in [1.29, 1.82) is 0 Å². The summed E-state index contributed by atoms with van der Waals surface area (Å²) in [5, 5.41) is 0. The lowest BCUT2D eigenvalue weighted by Gasteiger charge is -2.52. The molecule has 0 heterocycles. The van der Waals surface area contributed by atoms with E-state index in [2.05, 4.69) is 0 Å². The Morgan fingerprint density at radius 1 is 0.241 bits per heavy atom. The van der Waals surface area contributed by atoms with Crippen LogP contribution in [0.4, 0.5) is 87.8 Å². The Bertz CT molecular complexity index is 486. The third kappa shape index (κ3) is 3.22. The Hall–Kier alpha value is -1.44. The summed E-state index contributed by atoms with van der Waals surface area (Å²) in [5.41, 5.74) is 0. The van der Waals surface area contributed by atoms with Crippen LogP contribution >= 0.6 is 0 Å². The van der Waals surface area contributed by atoms with Crippen molar-refractivity contribution in [1.82, 2.24) is 0 Å². The quantitative estimate of drug-likeness (QED) is 0.243. The van der Waals surface area contributed by atoms with Crippen LogP contribution in [0.25, 0.3) is 0 Å². The summed E-state index contributed by atoms with van der Waals surface area (Å²) in [6, 6.07) is -37.6. The molecule has 29 heavy (non-hydrogen) atoms. The lowest BCUT2D eigenvalue weighted by atomic mass is 10.1. The zero-order valence-electron chi connectivity index (χ0n) is 12.0. The summed E-state index contributed by atoms with van der Waals surface area (Å²) < 4.78 is 244. The van der Waals surface area contributed by atoms with Gasteiger partial charge < -0.3 is 0 Å². The van der Waals surface area contributed by atoms with Crippen molar-refractivity contribution in [2.45, 2.75) is 48.9 Å². The Labute approximate surface area is 143 Å². The van der Waals surface area contributed by atoms with Gasteiger partial charge in [-0.05, 0) is 4.48 Å². The Balaban J connectivity index is 8.26. The lowest BCUT2D eigenvalue weighted by Crippen LogP contribution is -2.91. The number of rotatable bonds is 4. The van der Waals surface area contributed by atoms with E-state index in [0.717, 1.165) is 0 Å². The molecule has 0 atom stereocenters. The van der Waals surface area contributed by atoms with Gasteiger partial charge in [0.25, 0.3) is 0 Å². The van der Waals surface area contributed by atoms with E-state index in [1.165, 1.54) is 0 Å². The minimum atomic E-state index is -9.40. The van der Waals surface area contributed by atoms with Gasteiger partial charge in [0.2, 0.25) is 0 Å². The number of hydrogen-bond acceptors (Lipinski definition) is 0. The molecule has 0 aromatic rings. The third-order valence-electron chi connectivity index (χ3n) is 3.05. The van der Waals surface area contributed by atoms with Gasteiger partial charge in [-0.2, -0.15) is 52.7 Å².